The lowest BCUT2D eigenvalue weighted by Gasteiger charge is -2.16. The Morgan fingerprint density at radius 1 is 0.815 bits per heavy atom. The van der Waals surface area contributed by atoms with Crippen molar-refractivity contribution in [3.63, 3.8) is 0 Å². The van der Waals surface area contributed by atoms with Crippen LogP contribution in [0.3, 0.4) is 0 Å². The Hall–Kier alpha value is -3.28. The van der Waals surface area contributed by atoms with Gasteiger partial charge in [0.1, 0.15) is 5.69 Å². The van der Waals surface area contributed by atoms with Gasteiger partial charge in [-0.3, -0.25) is 9.59 Å². The van der Waals surface area contributed by atoms with Crippen LogP contribution in [0.25, 0.3) is 22.0 Å². The molecule has 0 radical (unpaired) electrons. The first-order valence-electron chi connectivity index (χ1n) is 8.81. The summed E-state index contributed by atoms with van der Waals surface area (Å²) < 4.78 is 10.2. The normalized spacial score (nSPS) is 10.8. The third-order valence-corrected chi connectivity index (χ3v) is 4.08. The van der Waals surface area contributed by atoms with Crippen LogP contribution in [0.5, 0.6) is 0 Å². The van der Waals surface area contributed by atoms with Gasteiger partial charge in [-0.2, -0.15) is 5.10 Å². The number of fused-ring (bicyclic) bond motifs is 1. The quantitative estimate of drug-likeness (QED) is 0.492. The first-order chi connectivity index (χ1) is 13.2. The van der Waals surface area contributed by atoms with E-state index in [4.69, 9.17) is 9.47 Å². The van der Waals surface area contributed by atoms with Gasteiger partial charge in [-0.15, -0.1) is 5.10 Å². The molecule has 6 heteroatoms. The second-order valence-corrected chi connectivity index (χ2v) is 5.78. The van der Waals surface area contributed by atoms with E-state index >= 15 is 0 Å². The molecule has 3 aromatic rings. The Morgan fingerprint density at radius 2 is 1.37 bits per heavy atom. The molecular formula is C21H20N2O4. The highest BCUT2D eigenvalue weighted by Crippen LogP contribution is 2.31. The second-order valence-electron chi connectivity index (χ2n) is 5.78. The van der Waals surface area contributed by atoms with Crippen molar-refractivity contribution >= 4 is 22.7 Å². The van der Waals surface area contributed by atoms with E-state index in [1.165, 1.54) is 0 Å². The lowest BCUT2D eigenvalue weighted by molar-refractivity contribution is -0.157. The summed E-state index contributed by atoms with van der Waals surface area (Å²) in [4.78, 5) is 24.9. The number of esters is 2. The molecule has 1 heterocycles. The smallest absolute Gasteiger partial charge is 0.326 e. The van der Waals surface area contributed by atoms with Crippen molar-refractivity contribution < 1.29 is 19.1 Å². The van der Waals surface area contributed by atoms with Crippen molar-refractivity contribution in [1.29, 1.82) is 0 Å². The van der Waals surface area contributed by atoms with Crippen LogP contribution in [0.4, 0.5) is 0 Å². The second kappa shape index (κ2) is 8.40. The molecule has 0 bridgehead atoms. The topological polar surface area (TPSA) is 78.4 Å². The summed E-state index contributed by atoms with van der Waals surface area (Å²) in [5.41, 5.74) is 1.82. The first kappa shape index (κ1) is 18.5. The number of hydrogen-bond donors (Lipinski definition) is 0. The van der Waals surface area contributed by atoms with Crippen LogP contribution in [0.2, 0.25) is 0 Å². The maximum atomic E-state index is 12.5. The molecule has 0 saturated heterocycles. The molecule has 0 unspecified atom stereocenters. The maximum absolute atomic E-state index is 12.5. The van der Waals surface area contributed by atoms with Crippen molar-refractivity contribution in [2.24, 2.45) is 0 Å². The minimum absolute atomic E-state index is 0.155. The summed E-state index contributed by atoms with van der Waals surface area (Å²) in [6.07, 6.45) is 0. The fraction of sp³-hybridized carbons (Fsp3) is 0.238. The summed E-state index contributed by atoms with van der Waals surface area (Å²) in [7, 11) is 0. The zero-order valence-corrected chi connectivity index (χ0v) is 15.2. The molecule has 0 fully saturated rings. The number of nitrogens with zero attached hydrogens (tertiary/aromatic N) is 2. The van der Waals surface area contributed by atoms with Gasteiger partial charge in [0.15, 0.2) is 5.92 Å². The van der Waals surface area contributed by atoms with Gasteiger partial charge in [0, 0.05) is 16.3 Å². The summed E-state index contributed by atoms with van der Waals surface area (Å²) in [6, 6.07) is 17.0. The minimum Gasteiger partial charge on any atom is -0.465 e. The molecule has 138 valence electrons. The average molecular weight is 364 g/mol. The van der Waals surface area contributed by atoms with Gasteiger partial charge in [-0.05, 0) is 13.8 Å². The van der Waals surface area contributed by atoms with Crippen LogP contribution in [0, 0.1) is 0 Å². The highest BCUT2D eigenvalue weighted by Gasteiger charge is 2.35. The number of ether oxygens (including phenoxy) is 2. The number of carbonyl (C=O) groups is 2. The highest BCUT2D eigenvalue weighted by atomic mass is 16.6. The van der Waals surface area contributed by atoms with Gasteiger partial charge in [0.05, 0.1) is 18.9 Å². The molecule has 0 saturated carbocycles. The van der Waals surface area contributed by atoms with E-state index in [1.54, 1.807) is 13.8 Å². The molecule has 1 aromatic heterocycles. The molecular weight excluding hydrogens is 344 g/mol. The summed E-state index contributed by atoms with van der Waals surface area (Å²) in [5.74, 6) is -2.65. The van der Waals surface area contributed by atoms with E-state index in [2.05, 4.69) is 10.2 Å². The predicted octanol–water partition coefficient (Wildman–Crippen LogP) is 3.51. The molecule has 0 spiro atoms. The molecule has 0 aliphatic carbocycles. The fourth-order valence-electron chi connectivity index (χ4n) is 2.92. The van der Waals surface area contributed by atoms with Crippen molar-refractivity contribution in [3.8, 4) is 11.3 Å². The molecule has 2 aromatic carbocycles. The zero-order chi connectivity index (χ0) is 19.2. The third-order valence-electron chi connectivity index (χ3n) is 4.08. The van der Waals surface area contributed by atoms with Crippen molar-refractivity contribution in [3.05, 3.63) is 60.3 Å². The molecule has 27 heavy (non-hydrogen) atoms. The minimum atomic E-state index is -1.27. The number of aromatic nitrogens is 2. The molecule has 0 amide bonds. The standard InChI is InChI=1S/C21H20N2O4/c1-3-26-20(24)17(21(25)27-4-2)19-16-13-9-8-12-15(16)18(22-23-19)14-10-6-5-7-11-14/h5-13,17H,3-4H2,1-2H3. The molecule has 6 nitrogen and oxygen atoms in total. The summed E-state index contributed by atoms with van der Waals surface area (Å²) in [6.45, 7) is 3.68. The average Bonchev–Trinajstić information content (AvgIpc) is 2.69. The van der Waals surface area contributed by atoms with Crippen LogP contribution < -0.4 is 0 Å². The molecule has 0 N–H and O–H groups in total. The van der Waals surface area contributed by atoms with Crippen LogP contribution in [0.15, 0.2) is 54.6 Å². The Labute approximate surface area is 157 Å². The Bertz CT molecular complexity index is 939. The van der Waals surface area contributed by atoms with Gasteiger partial charge in [-0.1, -0.05) is 54.6 Å². The zero-order valence-electron chi connectivity index (χ0n) is 15.2. The van der Waals surface area contributed by atoms with Crippen LogP contribution >= 0.6 is 0 Å². The number of rotatable bonds is 6. The lowest BCUT2D eigenvalue weighted by atomic mass is 9.97. The lowest BCUT2D eigenvalue weighted by Crippen LogP contribution is -2.27. The van der Waals surface area contributed by atoms with E-state index in [-0.39, 0.29) is 18.9 Å². The first-order valence-corrected chi connectivity index (χ1v) is 8.81. The molecule has 0 atom stereocenters. The Kier molecular flexibility index (Phi) is 5.76. The van der Waals surface area contributed by atoms with Gasteiger partial charge < -0.3 is 9.47 Å². The van der Waals surface area contributed by atoms with Crippen LogP contribution in [0.1, 0.15) is 25.5 Å². The summed E-state index contributed by atoms with van der Waals surface area (Å²) >= 11 is 0. The van der Waals surface area contributed by atoms with E-state index in [0.717, 1.165) is 10.9 Å². The van der Waals surface area contributed by atoms with Gasteiger partial charge in [0.2, 0.25) is 0 Å². The van der Waals surface area contributed by atoms with E-state index in [0.29, 0.717) is 11.1 Å². The monoisotopic (exact) mass is 364 g/mol. The van der Waals surface area contributed by atoms with Crippen LogP contribution in [-0.4, -0.2) is 35.3 Å². The van der Waals surface area contributed by atoms with E-state index < -0.39 is 17.9 Å². The Morgan fingerprint density at radius 3 is 1.96 bits per heavy atom. The van der Waals surface area contributed by atoms with E-state index in [9.17, 15) is 9.59 Å². The molecule has 0 aliphatic rings. The Balaban J connectivity index is 2.19. The number of hydrogen-bond acceptors (Lipinski definition) is 6. The largest absolute Gasteiger partial charge is 0.465 e. The fourth-order valence-corrected chi connectivity index (χ4v) is 2.92. The number of carbonyl (C=O) groups excluding carboxylic acids is 2. The molecule has 3 rings (SSSR count). The van der Waals surface area contributed by atoms with Crippen molar-refractivity contribution in [2.75, 3.05) is 13.2 Å². The predicted molar refractivity (Wildman–Crippen MR) is 101 cm³/mol. The SMILES string of the molecule is CCOC(=O)C(C(=O)OCC)c1nnc(-c2ccccc2)c2ccccc12. The summed E-state index contributed by atoms with van der Waals surface area (Å²) in [5, 5.41) is 10.0. The van der Waals surface area contributed by atoms with Gasteiger partial charge in [0.25, 0.3) is 0 Å². The van der Waals surface area contributed by atoms with E-state index in [1.807, 2.05) is 54.6 Å². The maximum Gasteiger partial charge on any atom is 0.326 e. The van der Waals surface area contributed by atoms with Crippen molar-refractivity contribution in [2.45, 2.75) is 19.8 Å². The van der Waals surface area contributed by atoms with Crippen molar-refractivity contribution in [1.82, 2.24) is 10.2 Å². The van der Waals surface area contributed by atoms with Gasteiger partial charge in [-0.25, -0.2) is 0 Å². The third kappa shape index (κ3) is 3.79. The van der Waals surface area contributed by atoms with Crippen LogP contribution in [-0.2, 0) is 19.1 Å². The number of benzene rings is 2. The highest BCUT2D eigenvalue weighted by molar-refractivity contribution is 6.05. The molecule has 0 aliphatic heterocycles. The van der Waals surface area contributed by atoms with Gasteiger partial charge >= 0.3 is 11.9 Å².